The number of nitrogens with one attached hydrogen (secondary N) is 1. The fourth-order valence-electron chi connectivity index (χ4n) is 2.30. The van der Waals surface area contributed by atoms with Crippen molar-refractivity contribution < 1.29 is 14.3 Å². The van der Waals surface area contributed by atoms with Crippen LogP contribution in [0.25, 0.3) is 0 Å². The summed E-state index contributed by atoms with van der Waals surface area (Å²) in [6, 6.07) is 12.8. The molecule has 5 nitrogen and oxygen atoms in total. The number of nitrogens with zero attached hydrogens (tertiary/aromatic N) is 1. The Kier molecular flexibility index (Phi) is 5.72. The third kappa shape index (κ3) is 3.63. The Morgan fingerprint density at radius 1 is 1.29 bits per heavy atom. The number of nitriles is 1. The predicted octanol–water partition coefficient (Wildman–Crippen LogP) is 2.87. The summed E-state index contributed by atoms with van der Waals surface area (Å²) in [5.41, 5.74) is 0.0854. The van der Waals surface area contributed by atoms with Crippen molar-refractivity contribution >= 4 is 23.2 Å². The van der Waals surface area contributed by atoms with Gasteiger partial charge in [-0.25, -0.2) is 0 Å². The van der Waals surface area contributed by atoms with E-state index < -0.39 is 11.4 Å². The van der Waals surface area contributed by atoms with Gasteiger partial charge in [-0.3, -0.25) is 9.59 Å². The minimum Gasteiger partial charge on any atom is -0.465 e. The van der Waals surface area contributed by atoms with Gasteiger partial charge in [-0.05, 0) is 30.9 Å². The van der Waals surface area contributed by atoms with Crippen LogP contribution >= 0.6 is 11.3 Å². The van der Waals surface area contributed by atoms with Crippen LogP contribution in [0, 0.1) is 11.3 Å². The number of esters is 1. The van der Waals surface area contributed by atoms with Crippen LogP contribution in [0.15, 0.2) is 41.8 Å². The predicted molar refractivity (Wildman–Crippen MR) is 91.8 cm³/mol. The first-order valence-electron chi connectivity index (χ1n) is 7.51. The average molecular weight is 342 g/mol. The molecule has 0 saturated carbocycles. The maximum atomic E-state index is 12.5. The summed E-state index contributed by atoms with van der Waals surface area (Å²) >= 11 is 1.20. The standard InChI is InChI=1S/C18H18N2O3S/c1-3-23-17(22)18(2,14-7-5-4-6-8-14)12-20-16(21)15-13(11-19)9-10-24-15/h4-10H,3,12H2,1-2H3,(H,20,21)/t18-/m0/s1. The van der Waals surface area contributed by atoms with Crippen LogP contribution in [0.5, 0.6) is 0 Å². The molecule has 1 aromatic heterocycles. The van der Waals surface area contributed by atoms with Crippen LogP contribution in [0.2, 0.25) is 0 Å². The number of hydrogen-bond donors (Lipinski definition) is 1. The monoisotopic (exact) mass is 342 g/mol. The van der Waals surface area contributed by atoms with Gasteiger partial charge >= 0.3 is 5.97 Å². The van der Waals surface area contributed by atoms with Gasteiger partial charge < -0.3 is 10.1 Å². The Labute approximate surface area is 144 Å². The summed E-state index contributed by atoms with van der Waals surface area (Å²) < 4.78 is 5.19. The summed E-state index contributed by atoms with van der Waals surface area (Å²) in [5.74, 6) is -0.767. The first kappa shape index (κ1) is 17.7. The van der Waals surface area contributed by atoms with Gasteiger partial charge in [0.15, 0.2) is 0 Å². The largest absolute Gasteiger partial charge is 0.465 e. The second-order valence-corrected chi connectivity index (χ2v) is 6.29. The van der Waals surface area contributed by atoms with E-state index in [1.165, 1.54) is 11.3 Å². The molecule has 124 valence electrons. The zero-order valence-electron chi connectivity index (χ0n) is 13.5. The van der Waals surface area contributed by atoms with Gasteiger partial charge in [-0.15, -0.1) is 11.3 Å². The van der Waals surface area contributed by atoms with Crippen LogP contribution in [0.4, 0.5) is 0 Å². The minimum absolute atomic E-state index is 0.0808. The summed E-state index contributed by atoms with van der Waals surface area (Å²) in [6.07, 6.45) is 0. The molecule has 24 heavy (non-hydrogen) atoms. The second-order valence-electron chi connectivity index (χ2n) is 5.38. The molecule has 0 aliphatic rings. The van der Waals surface area contributed by atoms with Gasteiger partial charge in [-0.2, -0.15) is 5.26 Å². The third-order valence-electron chi connectivity index (χ3n) is 3.73. The summed E-state index contributed by atoms with van der Waals surface area (Å²) in [4.78, 5) is 25.1. The van der Waals surface area contributed by atoms with Crippen LogP contribution in [-0.2, 0) is 14.9 Å². The highest BCUT2D eigenvalue weighted by molar-refractivity contribution is 7.12. The Balaban J connectivity index is 2.22. The summed E-state index contributed by atoms with van der Waals surface area (Å²) in [7, 11) is 0. The molecule has 0 aliphatic heterocycles. The quantitative estimate of drug-likeness (QED) is 0.819. The molecule has 1 heterocycles. The van der Waals surface area contributed by atoms with Gasteiger partial charge in [0.25, 0.3) is 5.91 Å². The SMILES string of the molecule is CCOC(=O)[C@@](C)(CNC(=O)c1sccc1C#N)c1ccccc1. The fourth-order valence-corrected chi connectivity index (χ4v) is 3.06. The van der Waals surface area contributed by atoms with E-state index in [9.17, 15) is 9.59 Å². The van der Waals surface area contributed by atoms with E-state index in [2.05, 4.69) is 5.32 Å². The van der Waals surface area contributed by atoms with Gasteiger partial charge in [0.1, 0.15) is 16.4 Å². The van der Waals surface area contributed by atoms with Crippen molar-refractivity contribution in [1.82, 2.24) is 5.32 Å². The molecule has 0 bridgehead atoms. The average Bonchev–Trinajstić information content (AvgIpc) is 3.09. The molecule has 0 aliphatic carbocycles. The number of ether oxygens (including phenoxy) is 1. The van der Waals surface area contributed by atoms with Crippen molar-refractivity contribution in [3.63, 3.8) is 0 Å². The molecule has 0 fully saturated rings. The van der Waals surface area contributed by atoms with E-state index in [0.717, 1.165) is 5.56 Å². The molecular weight excluding hydrogens is 324 g/mol. The highest BCUT2D eigenvalue weighted by Gasteiger charge is 2.37. The molecule has 1 N–H and O–H groups in total. The Morgan fingerprint density at radius 3 is 2.62 bits per heavy atom. The van der Waals surface area contributed by atoms with Crippen LogP contribution in [0.3, 0.4) is 0 Å². The van der Waals surface area contributed by atoms with E-state index in [-0.39, 0.29) is 19.1 Å². The maximum absolute atomic E-state index is 12.5. The molecule has 0 unspecified atom stereocenters. The molecule has 6 heteroatoms. The number of amides is 1. The lowest BCUT2D eigenvalue weighted by atomic mass is 9.82. The van der Waals surface area contributed by atoms with Crippen molar-refractivity contribution in [3.05, 3.63) is 57.8 Å². The molecule has 2 aromatic rings. The first-order valence-corrected chi connectivity index (χ1v) is 8.39. The van der Waals surface area contributed by atoms with Crippen LogP contribution in [-0.4, -0.2) is 25.0 Å². The lowest BCUT2D eigenvalue weighted by molar-refractivity contribution is -0.149. The molecule has 0 saturated heterocycles. The number of hydrogen-bond acceptors (Lipinski definition) is 5. The molecule has 0 spiro atoms. The van der Waals surface area contributed by atoms with E-state index in [4.69, 9.17) is 10.00 Å². The Hall–Kier alpha value is -2.65. The maximum Gasteiger partial charge on any atom is 0.318 e. The van der Waals surface area contributed by atoms with Gasteiger partial charge in [0, 0.05) is 6.54 Å². The fraction of sp³-hybridized carbons (Fsp3) is 0.278. The van der Waals surface area contributed by atoms with Crippen LogP contribution < -0.4 is 5.32 Å². The summed E-state index contributed by atoms with van der Waals surface area (Å²) in [5, 5.41) is 13.5. The number of thiophene rings is 1. The zero-order chi connectivity index (χ0) is 17.6. The smallest absolute Gasteiger partial charge is 0.318 e. The van der Waals surface area contributed by atoms with Gasteiger partial charge in [0.05, 0.1) is 12.2 Å². The number of carbonyl (C=O) groups is 2. The number of carbonyl (C=O) groups excluding carboxylic acids is 2. The molecule has 1 aromatic carbocycles. The molecule has 1 amide bonds. The minimum atomic E-state index is -1.00. The van der Waals surface area contributed by atoms with Crippen molar-refractivity contribution in [1.29, 1.82) is 5.26 Å². The second kappa shape index (κ2) is 7.75. The van der Waals surface area contributed by atoms with Crippen molar-refractivity contribution in [2.24, 2.45) is 0 Å². The first-order chi connectivity index (χ1) is 11.5. The summed E-state index contributed by atoms with van der Waals surface area (Å²) in [6.45, 7) is 3.82. The molecule has 2 rings (SSSR count). The van der Waals surface area contributed by atoms with E-state index in [1.54, 1.807) is 25.3 Å². The number of benzene rings is 1. The molecular formula is C18H18N2O3S. The third-order valence-corrected chi connectivity index (χ3v) is 4.64. The van der Waals surface area contributed by atoms with Crippen LogP contribution in [0.1, 0.15) is 34.6 Å². The zero-order valence-corrected chi connectivity index (χ0v) is 14.4. The van der Waals surface area contributed by atoms with Gasteiger partial charge in [-0.1, -0.05) is 30.3 Å². The topological polar surface area (TPSA) is 79.2 Å². The highest BCUT2D eigenvalue weighted by atomic mass is 32.1. The number of rotatable bonds is 6. The lowest BCUT2D eigenvalue weighted by Crippen LogP contribution is -2.45. The van der Waals surface area contributed by atoms with Crippen molar-refractivity contribution in [2.75, 3.05) is 13.2 Å². The van der Waals surface area contributed by atoms with Gasteiger partial charge in [0.2, 0.25) is 0 Å². The Morgan fingerprint density at radius 2 is 2.00 bits per heavy atom. The van der Waals surface area contributed by atoms with E-state index in [0.29, 0.717) is 10.4 Å². The van der Waals surface area contributed by atoms with E-state index >= 15 is 0 Å². The van der Waals surface area contributed by atoms with Crippen molar-refractivity contribution in [3.8, 4) is 6.07 Å². The lowest BCUT2D eigenvalue weighted by Gasteiger charge is -2.28. The van der Waals surface area contributed by atoms with Crippen molar-refractivity contribution in [2.45, 2.75) is 19.3 Å². The highest BCUT2D eigenvalue weighted by Crippen LogP contribution is 2.25. The molecule has 1 atom stereocenters. The van der Waals surface area contributed by atoms with E-state index in [1.807, 2.05) is 36.4 Å². The normalized spacial score (nSPS) is 12.7. The Bertz CT molecular complexity index is 764. The molecule has 0 radical (unpaired) electrons.